The molecule has 1 unspecified atom stereocenters. The van der Waals surface area contributed by atoms with Gasteiger partial charge < -0.3 is 4.74 Å². The molecule has 8 nitrogen and oxygen atoms in total. The van der Waals surface area contributed by atoms with Gasteiger partial charge in [-0.25, -0.2) is 9.49 Å². The van der Waals surface area contributed by atoms with E-state index in [1.165, 1.54) is 30.6 Å². The highest BCUT2D eigenvalue weighted by Crippen LogP contribution is 2.39. The Kier molecular flexibility index (Phi) is 5.50. The number of nitrogens with one attached hydrogen (secondary N) is 1. The van der Waals surface area contributed by atoms with Gasteiger partial charge in [0.25, 0.3) is 5.56 Å². The molecular weight excluding hydrogens is 435 g/mol. The van der Waals surface area contributed by atoms with Gasteiger partial charge in [0.2, 0.25) is 5.75 Å². The summed E-state index contributed by atoms with van der Waals surface area (Å²) >= 11 is 3.21. The van der Waals surface area contributed by atoms with Gasteiger partial charge in [-0.2, -0.15) is 5.10 Å². The van der Waals surface area contributed by atoms with E-state index in [0.717, 1.165) is 0 Å². The molecule has 0 saturated heterocycles. The van der Waals surface area contributed by atoms with E-state index in [1.807, 2.05) is 0 Å². The van der Waals surface area contributed by atoms with Gasteiger partial charge in [-0.3, -0.25) is 19.9 Å². The maximum atomic E-state index is 15.2. The van der Waals surface area contributed by atoms with Gasteiger partial charge in [-0.15, -0.1) is 0 Å². The smallest absolute Gasteiger partial charge is 0.314 e. The maximum Gasteiger partial charge on any atom is 0.314 e. The molecule has 0 aliphatic rings. The predicted molar refractivity (Wildman–Crippen MR) is 102 cm³/mol. The van der Waals surface area contributed by atoms with Crippen molar-refractivity contribution in [2.75, 3.05) is 0 Å². The van der Waals surface area contributed by atoms with Crippen molar-refractivity contribution < 1.29 is 14.1 Å². The number of halogens is 2. The van der Waals surface area contributed by atoms with Crippen LogP contribution in [0.1, 0.15) is 29.7 Å². The molecule has 2 heterocycles. The lowest BCUT2D eigenvalue weighted by atomic mass is 9.95. The Hall–Kier alpha value is -3.14. The van der Waals surface area contributed by atoms with Crippen LogP contribution in [0.2, 0.25) is 0 Å². The number of nitro benzene ring substituents is 1. The lowest BCUT2D eigenvalue weighted by Crippen LogP contribution is -2.15. The Morgan fingerprint density at radius 1 is 1.32 bits per heavy atom. The van der Waals surface area contributed by atoms with Crippen LogP contribution >= 0.6 is 15.9 Å². The summed E-state index contributed by atoms with van der Waals surface area (Å²) in [6.07, 6.45) is 2.82. The molecule has 3 rings (SSSR count). The molecule has 0 aliphatic carbocycles. The maximum absolute atomic E-state index is 15.2. The molecule has 1 atom stereocenters. The molecule has 10 heteroatoms. The summed E-state index contributed by atoms with van der Waals surface area (Å²) in [6.45, 7) is 3.28. The molecule has 1 N–H and O–H groups in total. The third-order valence-electron chi connectivity index (χ3n) is 4.12. The summed E-state index contributed by atoms with van der Waals surface area (Å²) in [6, 6.07) is 5.54. The number of benzene rings is 1. The first-order valence-corrected chi connectivity index (χ1v) is 8.88. The second-order valence-corrected chi connectivity index (χ2v) is 6.96. The average Bonchev–Trinajstić information content (AvgIpc) is 2.65. The van der Waals surface area contributed by atoms with Crippen molar-refractivity contribution >= 4 is 21.6 Å². The zero-order chi connectivity index (χ0) is 20.4. The topological polar surface area (TPSA) is 111 Å². The Labute approximate surface area is 166 Å². The molecule has 2 aromatic heterocycles. The van der Waals surface area contributed by atoms with Crippen LogP contribution in [0.5, 0.6) is 11.5 Å². The molecule has 0 saturated carbocycles. The first kappa shape index (κ1) is 19.6. The highest BCUT2D eigenvalue weighted by atomic mass is 79.9. The number of ether oxygens (including phenoxy) is 1. The lowest BCUT2D eigenvalue weighted by molar-refractivity contribution is -0.385. The molecule has 28 heavy (non-hydrogen) atoms. The van der Waals surface area contributed by atoms with E-state index >= 15 is 4.39 Å². The number of aromatic amines is 1. The van der Waals surface area contributed by atoms with Gasteiger partial charge in [-0.05, 0) is 41.1 Å². The summed E-state index contributed by atoms with van der Waals surface area (Å²) in [5.41, 5.74) is 0.128. The molecule has 0 fully saturated rings. The first-order valence-electron chi connectivity index (χ1n) is 8.09. The molecule has 0 spiro atoms. The number of hydrogen-bond acceptors (Lipinski definition) is 6. The van der Waals surface area contributed by atoms with Crippen molar-refractivity contribution in [2.45, 2.75) is 19.8 Å². The van der Waals surface area contributed by atoms with Crippen LogP contribution in [-0.4, -0.2) is 20.1 Å². The Morgan fingerprint density at radius 3 is 2.71 bits per heavy atom. The quantitative estimate of drug-likeness (QED) is 0.461. The normalized spacial score (nSPS) is 11.9. The number of rotatable bonds is 5. The predicted octanol–water partition coefficient (Wildman–Crippen LogP) is 4.23. The van der Waals surface area contributed by atoms with Gasteiger partial charge in [0.05, 0.1) is 16.8 Å². The van der Waals surface area contributed by atoms with Gasteiger partial charge in [0.1, 0.15) is 5.75 Å². The number of pyridine rings is 1. The van der Waals surface area contributed by atoms with Crippen molar-refractivity contribution in [2.24, 2.45) is 0 Å². The Bertz CT molecular complexity index is 1120. The summed E-state index contributed by atoms with van der Waals surface area (Å²) in [5.74, 6) is -1.85. The molecule has 0 bridgehead atoms. The number of aryl methyl sites for hydroxylation is 1. The van der Waals surface area contributed by atoms with E-state index in [1.54, 1.807) is 19.9 Å². The third-order valence-corrected chi connectivity index (χ3v) is 4.56. The van der Waals surface area contributed by atoms with Crippen LogP contribution in [0.3, 0.4) is 0 Å². The SMILES string of the molecule is Cc1cc(C(C)c2ccc([N+](=O)[O-])c(Oc3cncc(Br)c3)c2F)n[nH]c1=O. The van der Waals surface area contributed by atoms with Crippen molar-refractivity contribution in [3.63, 3.8) is 0 Å². The van der Waals surface area contributed by atoms with Gasteiger partial charge in [0, 0.05) is 33.8 Å². The zero-order valence-electron chi connectivity index (χ0n) is 14.8. The number of H-pyrrole nitrogens is 1. The second-order valence-electron chi connectivity index (χ2n) is 6.04. The first-order chi connectivity index (χ1) is 13.3. The highest BCUT2D eigenvalue weighted by Gasteiger charge is 2.27. The van der Waals surface area contributed by atoms with Crippen molar-refractivity contribution in [1.29, 1.82) is 0 Å². The largest absolute Gasteiger partial charge is 0.445 e. The van der Waals surface area contributed by atoms with Gasteiger partial charge >= 0.3 is 5.69 Å². The standard InChI is InChI=1S/C18H14BrFN4O4/c1-9-5-14(22-23-18(9)25)10(2)13-3-4-15(24(26)27)17(16(13)20)28-12-6-11(19)7-21-8-12/h3-8,10H,1-2H3,(H,23,25). The third kappa shape index (κ3) is 3.91. The fourth-order valence-electron chi connectivity index (χ4n) is 2.61. The minimum Gasteiger partial charge on any atom is -0.445 e. The number of aromatic nitrogens is 3. The minimum absolute atomic E-state index is 0.138. The van der Waals surface area contributed by atoms with E-state index in [4.69, 9.17) is 4.74 Å². The molecular formula is C18H14BrFN4O4. The summed E-state index contributed by atoms with van der Waals surface area (Å²) in [4.78, 5) is 26.0. The van der Waals surface area contributed by atoms with Crippen LogP contribution in [0.4, 0.5) is 10.1 Å². The summed E-state index contributed by atoms with van der Waals surface area (Å²) < 4.78 is 21.3. The zero-order valence-corrected chi connectivity index (χ0v) is 16.4. The molecule has 0 radical (unpaired) electrons. The Morgan fingerprint density at radius 2 is 2.07 bits per heavy atom. The fourth-order valence-corrected chi connectivity index (χ4v) is 2.95. The van der Waals surface area contributed by atoms with Crippen molar-refractivity contribution in [1.82, 2.24) is 15.2 Å². The van der Waals surface area contributed by atoms with Crippen molar-refractivity contribution in [3.05, 3.63) is 84.2 Å². The lowest BCUT2D eigenvalue weighted by Gasteiger charge is -2.15. The van der Waals surface area contributed by atoms with E-state index < -0.39 is 28.1 Å². The van der Waals surface area contributed by atoms with Crippen LogP contribution in [0.25, 0.3) is 0 Å². The number of nitrogens with zero attached hydrogens (tertiary/aromatic N) is 3. The van der Waals surface area contributed by atoms with Crippen LogP contribution < -0.4 is 10.3 Å². The van der Waals surface area contributed by atoms with Gasteiger partial charge in [0.15, 0.2) is 5.82 Å². The monoisotopic (exact) mass is 448 g/mol. The minimum atomic E-state index is -0.882. The van der Waals surface area contributed by atoms with Gasteiger partial charge in [-0.1, -0.05) is 6.92 Å². The Balaban J connectivity index is 2.09. The van der Waals surface area contributed by atoms with Crippen LogP contribution in [-0.2, 0) is 0 Å². The molecule has 0 amide bonds. The second kappa shape index (κ2) is 7.85. The van der Waals surface area contributed by atoms with E-state index in [9.17, 15) is 14.9 Å². The van der Waals surface area contributed by atoms with E-state index in [0.29, 0.717) is 15.7 Å². The fraction of sp³-hybridized carbons (Fsp3) is 0.167. The molecule has 144 valence electrons. The van der Waals surface area contributed by atoms with Crippen LogP contribution in [0, 0.1) is 22.9 Å². The number of hydrogen-bond donors (Lipinski definition) is 1. The summed E-state index contributed by atoms with van der Waals surface area (Å²) in [7, 11) is 0. The molecule has 0 aliphatic heterocycles. The van der Waals surface area contributed by atoms with Crippen LogP contribution in [0.15, 0.2) is 45.9 Å². The summed E-state index contributed by atoms with van der Waals surface area (Å²) in [5, 5.41) is 17.6. The molecule has 1 aromatic carbocycles. The number of nitro groups is 1. The van der Waals surface area contributed by atoms with Crippen molar-refractivity contribution in [3.8, 4) is 11.5 Å². The highest BCUT2D eigenvalue weighted by molar-refractivity contribution is 9.10. The molecule has 3 aromatic rings. The average molecular weight is 449 g/mol. The van der Waals surface area contributed by atoms with E-state index in [2.05, 4.69) is 31.1 Å². The van der Waals surface area contributed by atoms with E-state index in [-0.39, 0.29) is 16.9 Å².